The minimum atomic E-state index is -0.421. The third-order valence-electron chi connectivity index (χ3n) is 2.44. The van der Waals surface area contributed by atoms with E-state index >= 15 is 0 Å². The van der Waals surface area contributed by atoms with Gasteiger partial charge in [-0.1, -0.05) is 18.3 Å². The van der Waals surface area contributed by atoms with Crippen LogP contribution < -0.4 is 11.3 Å². The van der Waals surface area contributed by atoms with Crippen LogP contribution in [0, 0.1) is 5.82 Å². The van der Waals surface area contributed by atoms with E-state index in [-0.39, 0.29) is 17.1 Å². The molecule has 0 aliphatic carbocycles. The first kappa shape index (κ1) is 12.4. The Labute approximate surface area is 108 Å². The molecule has 1 aromatic carbocycles. The highest BCUT2D eigenvalue weighted by Gasteiger charge is 2.08. The summed E-state index contributed by atoms with van der Waals surface area (Å²) >= 11 is 4.86. The SMILES string of the molecule is NC(=S)c1cc(F)ccc1Cn1ncccc1=O. The van der Waals surface area contributed by atoms with E-state index < -0.39 is 5.82 Å². The van der Waals surface area contributed by atoms with Crippen LogP contribution in [0.4, 0.5) is 4.39 Å². The molecule has 6 heteroatoms. The molecule has 0 atom stereocenters. The number of nitrogens with zero attached hydrogens (tertiary/aromatic N) is 2. The highest BCUT2D eigenvalue weighted by atomic mass is 32.1. The van der Waals surface area contributed by atoms with Crippen LogP contribution in [0.2, 0.25) is 0 Å². The molecule has 1 aromatic heterocycles. The summed E-state index contributed by atoms with van der Waals surface area (Å²) in [5, 5.41) is 3.92. The predicted octanol–water partition coefficient (Wildman–Crippen LogP) is 1.06. The zero-order valence-corrected chi connectivity index (χ0v) is 10.2. The molecule has 0 amide bonds. The maximum atomic E-state index is 13.1. The number of rotatable bonds is 3. The van der Waals surface area contributed by atoms with Crippen molar-refractivity contribution in [3.8, 4) is 0 Å². The van der Waals surface area contributed by atoms with Gasteiger partial charge in [0.25, 0.3) is 5.56 Å². The summed E-state index contributed by atoms with van der Waals surface area (Å²) in [6, 6.07) is 7.05. The van der Waals surface area contributed by atoms with Crippen molar-refractivity contribution in [3.63, 3.8) is 0 Å². The third kappa shape index (κ3) is 2.60. The van der Waals surface area contributed by atoms with Crippen LogP contribution in [0.25, 0.3) is 0 Å². The standard InChI is InChI=1S/C12H10FN3OS/c13-9-4-3-8(10(6-9)12(14)18)7-16-11(17)2-1-5-15-16/h1-6H,7H2,(H2,14,18). The molecule has 0 bridgehead atoms. The zero-order valence-electron chi connectivity index (χ0n) is 9.34. The molecule has 0 saturated heterocycles. The molecule has 2 aromatic rings. The maximum absolute atomic E-state index is 13.1. The van der Waals surface area contributed by atoms with Crippen molar-refractivity contribution in [2.75, 3.05) is 0 Å². The number of hydrogen-bond acceptors (Lipinski definition) is 3. The topological polar surface area (TPSA) is 60.9 Å². The average molecular weight is 263 g/mol. The number of benzene rings is 1. The Morgan fingerprint density at radius 2 is 2.22 bits per heavy atom. The fourth-order valence-electron chi connectivity index (χ4n) is 1.58. The number of aromatic nitrogens is 2. The number of thiocarbonyl (C=S) groups is 1. The Hall–Kier alpha value is -2.08. The molecule has 0 radical (unpaired) electrons. The Balaban J connectivity index is 2.44. The molecule has 92 valence electrons. The lowest BCUT2D eigenvalue weighted by Gasteiger charge is -2.09. The van der Waals surface area contributed by atoms with E-state index in [4.69, 9.17) is 18.0 Å². The summed E-state index contributed by atoms with van der Waals surface area (Å²) in [5.41, 5.74) is 6.37. The Bertz CT molecular complexity index is 654. The van der Waals surface area contributed by atoms with Crippen molar-refractivity contribution < 1.29 is 4.39 Å². The largest absolute Gasteiger partial charge is 0.389 e. The van der Waals surface area contributed by atoms with Crippen molar-refractivity contribution in [1.82, 2.24) is 9.78 Å². The van der Waals surface area contributed by atoms with Gasteiger partial charge in [-0.05, 0) is 23.8 Å². The van der Waals surface area contributed by atoms with Crippen LogP contribution in [0.3, 0.4) is 0 Å². The van der Waals surface area contributed by atoms with Crippen LogP contribution in [0.15, 0.2) is 41.3 Å². The fourth-order valence-corrected chi connectivity index (χ4v) is 1.77. The summed E-state index contributed by atoms with van der Waals surface area (Å²) in [7, 11) is 0. The van der Waals surface area contributed by atoms with Crippen LogP contribution in [0.1, 0.15) is 11.1 Å². The van der Waals surface area contributed by atoms with Gasteiger partial charge in [-0.15, -0.1) is 0 Å². The Morgan fingerprint density at radius 1 is 1.44 bits per heavy atom. The highest BCUT2D eigenvalue weighted by molar-refractivity contribution is 7.80. The molecule has 0 saturated carbocycles. The van der Waals surface area contributed by atoms with E-state index in [0.29, 0.717) is 11.1 Å². The van der Waals surface area contributed by atoms with E-state index in [0.717, 1.165) is 0 Å². The molecule has 2 rings (SSSR count). The van der Waals surface area contributed by atoms with Gasteiger partial charge in [0.2, 0.25) is 0 Å². The first-order valence-electron chi connectivity index (χ1n) is 5.18. The summed E-state index contributed by atoms with van der Waals surface area (Å²) in [4.78, 5) is 11.6. The van der Waals surface area contributed by atoms with Gasteiger partial charge in [-0.25, -0.2) is 9.07 Å². The van der Waals surface area contributed by atoms with Crippen molar-refractivity contribution in [3.05, 3.63) is 63.8 Å². The molecule has 18 heavy (non-hydrogen) atoms. The Morgan fingerprint density at radius 3 is 2.89 bits per heavy atom. The second kappa shape index (κ2) is 5.05. The fraction of sp³-hybridized carbons (Fsp3) is 0.0833. The summed E-state index contributed by atoms with van der Waals surface area (Å²) in [6.07, 6.45) is 1.51. The Kier molecular flexibility index (Phi) is 3.47. The van der Waals surface area contributed by atoms with Gasteiger partial charge in [0.1, 0.15) is 10.8 Å². The van der Waals surface area contributed by atoms with Crippen LogP contribution in [-0.2, 0) is 6.54 Å². The lowest BCUT2D eigenvalue weighted by molar-refractivity contribution is 0.618. The van der Waals surface area contributed by atoms with E-state index in [2.05, 4.69) is 5.10 Å². The van der Waals surface area contributed by atoms with Gasteiger partial charge < -0.3 is 5.73 Å². The molecule has 4 nitrogen and oxygen atoms in total. The zero-order chi connectivity index (χ0) is 13.1. The minimum Gasteiger partial charge on any atom is -0.389 e. The van der Waals surface area contributed by atoms with Crippen molar-refractivity contribution in [2.24, 2.45) is 5.73 Å². The smallest absolute Gasteiger partial charge is 0.267 e. The first-order valence-corrected chi connectivity index (χ1v) is 5.59. The van der Waals surface area contributed by atoms with E-state index in [1.165, 1.54) is 29.1 Å². The number of halogens is 1. The van der Waals surface area contributed by atoms with E-state index in [1.54, 1.807) is 12.1 Å². The van der Waals surface area contributed by atoms with Crippen molar-refractivity contribution >= 4 is 17.2 Å². The molecular weight excluding hydrogens is 253 g/mol. The minimum absolute atomic E-state index is 0.0912. The molecule has 0 unspecified atom stereocenters. The summed E-state index contributed by atoms with van der Waals surface area (Å²) < 4.78 is 14.4. The molecule has 1 heterocycles. The van der Waals surface area contributed by atoms with E-state index in [1.807, 2.05) is 0 Å². The van der Waals surface area contributed by atoms with Crippen LogP contribution in [-0.4, -0.2) is 14.8 Å². The highest BCUT2D eigenvalue weighted by Crippen LogP contribution is 2.12. The average Bonchev–Trinajstić information content (AvgIpc) is 2.34. The summed E-state index contributed by atoms with van der Waals surface area (Å²) in [5.74, 6) is -0.421. The number of hydrogen-bond donors (Lipinski definition) is 1. The second-order valence-electron chi connectivity index (χ2n) is 3.69. The second-order valence-corrected chi connectivity index (χ2v) is 4.13. The summed E-state index contributed by atoms with van der Waals surface area (Å²) in [6.45, 7) is 0.201. The van der Waals surface area contributed by atoms with Crippen LogP contribution in [0.5, 0.6) is 0 Å². The molecule has 0 spiro atoms. The number of nitrogens with two attached hydrogens (primary N) is 1. The van der Waals surface area contributed by atoms with Gasteiger partial charge in [0.15, 0.2) is 0 Å². The molecule has 0 aliphatic rings. The normalized spacial score (nSPS) is 10.3. The van der Waals surface area contributed by atoms with Gasteiger partial charge in [-0.2, -0.15) is 5.10 Å². The van der Waals surface area contributed by atoms with Gasteiger partial charge in [0.05, 0.1) is 6.54 Å². The van der Waals surface area contributed by atoms with E-state index in [9.17, 15) is 9.18 Å². The molecule has 0 fully saturated rings. The molecule has 2 N–H and O–H groups in total. The van der Waals surface area contributed by atoms with Crippen molar-refractivity contribution in [1.29, 1.82) is 0 Å². The maximum Gasteiger partial charge on any atom is 0.267 e. The third-order valence-corrected chi connectivity index (χ3v) is 2.66. The lowest BCUT2D eigenvalue weighted by atomic mass is 10.1. The van der Waals surface area contributed by atoms with Gasteiger partial charge >= 0.3 is 0 Å². The predicted molar refractivity (Wildman–Crippen MR) is 69.9 cm³/mol. The first-order chi connectivity index (χ1) is 8.58. The molecular formula is C12H10FN3OS. The van der Waals surface area contributed by atoms with Gasteiger partial charge in [-0.3, -0.25) is 4.79 Å². The van der Waals surface area contributed by atoms with Crippen LogP contribution >= 0.6 is 12.2 Å². The monoisotopic (exact) mass is 263 g/mol. The van der Waals surface area contributed by atoms with Crippen molar-refractivity contribution in [2.45, 2.75) is 6.54 Å². The van der Waals surface area contributed by atoms with Gasteiger partial charge in [0, 0.05) is 17.8 Å². The lowest BCUT2D eigenvalue weighted by Crippen LogP contribution is -2.23. The quantitative estimate of drug-likeness (QED) is 0.841. The molecule has 0 aliphatic heterocycles.